The first kappa shape index (κ1) is 10.9. The lowest BCUT2D eigenvalue weighted by atomic mass is 9.87. The largest absolute Gasteiger partial charge is 0.357 e. The lowest BCUT2D eigenvalue weighted by Gasteiger charge is -2.47. The van der Waals surface area contributed by atoms with Crippen molar-refractivity contribution in [1.29, 1.82) is 0 Å². The van der Waals surface area contributed by atoms with E-state index in [4.69, 9.17) is 4.74 Å². The summed E-state index contributed by atoms with van der Waals surface area (Å²) < 4.78 is 6.11. The molecule has 2 aliphatic heterocycles. The minimum absolute atomic E-state index is 0.0363. The normalized spacial score (nSPS) is 35.2. The molecule has 0 saturated carbocycles. The fourth-order valence-corrected chi connectivity index (χ4v) is 2.38. The van der Waals surface area contributed by atoms with E-state index < -0.39 is 5.60 Å². The smallest absolute Gasteiger partial charge is 0.252 e. The van der Waals surface area contributed by atoms with Crippen LogP contribution in [0.3, 0.4) is 0 Å². The number of carbonyl (C=O) groups excluding carboxylic acids is 1. The van der Waals surface area contributed by atoms with Gasteiger partial charge in [-0.1, -0.05) is 6.92 Å². The van der Waals surface area contributed by atoms with Crippen molar-refractivity contribution in [2.45, 2.75) is 44.3 Å². The van der Waals surface area contributed by atoms with Gasteiger partial charge in [-0.2, -0.15) is 0 Å². The highest BCUT2D eigenvalue weighted by atomic mass is 16.5. The molecular weight excluding hydrogens is 192 g/mol. The molecular formula is C11H20N2O2. The molecule has 2 fully saturated rings. The molecule has 1 atom stereocenters. The molecule has 4 heteroatoms. The number of hydrogen-bond donors (Lipinski definition) is 2. The van der Waals surface area contributed by atoms with Crippen molar-refractivity contribution in [3.8, 4) is 0 Å². The van der Waals surface area contributed by atoms with Gasteiger partial charge in [-0.3, -0.25) is 4.79 Å². The summed E-state index contributed by atoms with van der Waals surface area (Å²) in [6, 6.07) is 0. The van der Waals surface area contributed by atoms with Gasteiger partial charge in [0.2, 0.25) is 0 Å². The van der Waals surface area contributed by atoms with Gasteiger partial charge in [-0.15, -0.1) is 0 Å². The third kappa shape index (κ3) is 1.88. The Hall–Kier alpha value is -0.610. The van der Waals surface area contributed by atoms with Crippen LogP contribution in [0.2, 0.25) is 0 Å². The Bertz CT molecular complexity index is 261. The van der Waals surface area contributed by atoms with Gasteiger partial charge >= 0.3 is 0 Å². The first-order valence-electron chi connectivity index (χ1n) is 5.79. The molecule has 1 amide bonds. The van der Waals surface area contributed by atoms with E-state index in [1.807, 2.05) is 13.8 Å². The maximum absolute atomic E-state index is 11.7. The van der Waals surface area contributed by atoms with Crippen LogP contribution in [0.25, 0.3) is 0 Å². The summed E-state index contributed by atoms with van der Waals surface area (Å²) in [5, 5.41) is 6.31. The van der Waals surface area contributed by atoms with Gasteiger partial charge in [-0.05, 0) is 39.3 Å². The zero-order valence-electron chi connectivity index (χ0n) is 9.56. The zero-order valence-corrected chi connectivity index (χ0v) is 9.56. The fourth-order valence-electron chi connectivity index (χ4n) is 2.38. The van der Waals surface area contributed by atoms with Gasteiger partial charge in [-0.25, -0.2) is 0 Å². The summed E-state index contributed by atoms with van der Waals surface area (Å²) in [6.45, 7) is 6.53. The summed E-state index contributed by atoms with van der Waals surface area (Å²) in [7, 11) is 0. The summed E-state index contributed by atoms with van der Waals surface area (Å²) >= 11 is 0. The predicted octanol–water partition coefficient (Wildman–Crippen LogP) is 0.424. The molecule has 15 heavy (non-hydrogen) atoms. The maximum Gasteiger partial charge on any atom is 0.252 e. The molecule has 0 aliphatic carbocycles. The van der Waals surface area contributed by atoms with Crippen molar-refractivity contribution in [3.05, 3.63) is 0 Å². The van der Waals surface area contributed by atoms with Crippen molar-refractivity contribution in [3.63, 3.8) is 0 Å². The molecule has 1 unspecified atom stereocenters. The van der Waals surface area contributed by atoms with E-state index in [1.54, 1.807) is 0 Å². The van der Waals surface area contributed by atoms with E-state index in [1.165, 1.54) is 0 Å². The van der Waals surface area contributed by atoms with Crippen LogP contribution in [0.4, 0.5) is 0 Å². The molecule has 2 N–H and O–H groups in total. The number of hydrogen-bond acceptors (Lipinski definition) is 3. The van der Waals surface area contributed by atoms with E-state index >= 15 is 0 Å². The van der Waals surface area contributed by atoms with Gasteiger partial charge in [0.15, 0.2) is 0 Å². The summed E-state index contributed by atoms with van der Waals surface area (Å²) in [4.78, 5) is 11.7. The Morgan fingerprint density at radius 1 is 1.40 bits per heavy atom. The molecule has 2 saturated heterocycles. The van der Waals surface area contributed by atoms with E-state index in [9.17, 15) is 4.79 Å². The summed E-state index contributed by atoms with van der Waals surface area (Å²) in [6.07, 6.45) is 2.71. The van der Waals surface area contributed by atoms with Gasteiger partial charge in [0.1, 0.15) is 5.60 Å². The molecule has 2 aliphatic rings. The number of rotatable bonds is 1. The van der Waals surface area contributed by atoms with Crippen molar-refractivity contribution in [2.75, 3.05) is 19.6 Å². The van der Waals surface area contributed by atoms with Crippen molar-refractivity contribution in [2.24, 2.45) is 0 Å². The Morgan fingerprint density at radius 2 is 2.07 bits per heavy atom. The zero-order chi connectivity index (χ0) is 10.9. The predicted molar refractivity (Wildman–Crippen MR) is 57.6 cm³/mol. The van der Waals surface area contributed by atoms with E-state index in [-0.39, 0.29) is 11.5 Å². The maximum atomic E-state index is 11.7. The van der Waals surface area contributed by atoms with Crippen LogP contribution in [0.15, 0.2) is 0 Å². The Balaban J connectivity index is 2.13. The van der Waals surface area contributed by atoms with Crippen LogP contribution in [-0.2, 0) is 9.53 Å². The van der Waals surface area contributed by atoms with Crippen LogP contribution < -0.4 is 10.6 Å². The van der Waals surface area contributed by atoms with Gasteiger partial charge in [0.05, 0.1) is 5.60 Å². The fraction of sp³-hybridized carbons (Fsp3) is 0.909. The second kappa shape index (κ2) is 3.76. The SMILES string of the molecule is CCC1(C)OC2(CCNCC2)CNC1=O. The average molecular weight is 212 g/mol. The van der Waals surface area contributed by atoms with Gasteiger partial charge < -0.3 is 15.4 Å². The molecule has 0 bridgehead atoms. The quantitative estimate of drug-likeness (QED) is 0.662. The Morgan fingerprint density at radius 3 is 2.67 bits per heavy atom. The van der Waals surface area contributed by atoms with Gasteiger partial charge in [0, 0.05) is 6.54 Å². The van der Waals surface area contributed by atoms with Crippen LogP contribution in [-0.4, -0.2) is 36.7 Å². The number of ether oxygens (including phenoxy) is 1. The molecule has 2 heterocycles. The number of nitrogens with one attached hydrogen (secondary N) is 2. The summed E-state index contributed by atoms with van der Waals surface area (Å²) in [5.41, 5.74) is -0.750. The lowest BCUT2D eigenvalue weighted by Crippen LogP contribution is -2.64. The molecule has 0 radical (unpaired) electrons. The first-order valence-corrected chi connectivity index (χ1v) is 5.79. The summed E-state index contributed by atoms with van der Waals surface area (Å²) in [5.74, 6) is 0.0363. The molecule has 0 aromatic heterocycles. The Kier molecular flexibility index (Phi) is 2.73. The first-order chi connectivity index (χ1) is 7.10. The highest BCUT2D eigenvalue weighted by Gasteiger charge is 2.47. The lowest BCUT2D eigenvalue weighted by molar-refractivity contribution is -0.195. The van der Waals surface area contributed by atoms with E-state index in [0.29, 0.717) is 6.54 Å². The van der Waals surface area contributed by atoms with Crippen LogP contribution in [0, 0.1) is 0 Å². The minimum Gasteiger partial charge on any atom is -0.357 e. The van der Waals surface area contributed by atoms with Crippen molar-refractivity contribution in [1.82, 2.24) is 10.6 Å². The monoisotopic (exact) mass is 212 g/mol. The van der Waals surface area contributed by atoms with Crippen LogP contribution >= 0.6 is 0 Å². The number of amides is 1. The highest BCUT2D eigenvalue weighted by molar-refractivity contribution is 5.85. The average Bonchev–Trinajstić information content (AvgIpc) is 2.26. The Labute approximate surface area is 90.8 Å². The van der Waals surface area contributed by atoms with Crippen molar-refractivity contribution >= 4 is 5.91 Å². The van der Waals surface area contributed by atoms with Crippen molar-refractivity contribution < 1.29 is 9.53 Å². The third-order valence-electron chi connectivity index (χ3n) is 3.68. The molecule has 4 nitrogen and oxygen atoms in total. The number of morpholine rings is 1. The second-order valence-electron chi connectivity index (χ2n) is 4.80. The molecule has 2 rings (SSSR count). The van der Waals surface area contributed by atoms with Gasteiger partial charge in [0.25, 0.3) is 5.91 Å². The topological polar surface area (TPSA) is 50.4 Å². The second-order valence-corrected chi connectivity index (χ2v) is 4.80. The van der Waals surface area contributed by atoms with E-state index in [0.717, 1.165) is 32.4 Å². The molecule has 0 aromatic rings. The number of carbonyl (C=O) groups is 1. The number of piperidine rings is 1. The van der Waals surface area contributed by atoms with E-state index in [2.05, 4.69) is 10.6 Å². The standard InChI is InChI=1S/C11H20N2O2/c1-3-10(2)9(14)13-8-11(15-10)4-6-12-7-5-11/h12H,3-8H2,1-2H3,(H,13,14). The highest BCUT2D eigenvalue weighted by Crippen LogP contribution is 2.33. The minimum atomic E-state index is -0.629. The van der Waals surface area contributed by atoms with Crippen LogP contribution in [0.1, 0.15) is 33.1 Å². The molecule has 1 spiro atoms. The van der Waals surface area contributed by atoms with Crippen LogP contribution in [0.5, 0.6) is 0 Å². The third-order valence-corrected chi connectivity index (χ3v) is 3.68. The molecule has 0 aromatic carbocycles. The molecule has 86 valence electrons.